The summed E-state index contributed by atoms with van der Waals surface area (Å²) in [6.07, 6.45) is 1.98. The molecule has 0 bridgehead atoms. The fraction of sp³-hybridized carbons (Fsp3) is 0.462. The van der Waals surface area contributed by atoms with Crippen molar-refractivity contribution < 1.29 is 9.72 Å². The second-order valence-corrected chi connectivity index (χ2v) is 5.92. The molecule has 2 rings (SSSR count). The summed E-state index contributed by atoms with van der Waals surface area (Å²) in [5.74, 6) is 0.0794. The van der Waals surface area contributed by atoms with E-state index in [9.17, 15) is 14.9 Å². The van der Waals surface area contributed by atoms with Crippen molar-refractivity contribution in [2.24, 2.45) is 5.92 Å². The minimum Gasteiger partial charge on any atom is -0.338 e. The summed E-state index contributed by atoms with van der Waals surface area (Å²) < 4.78 is 0. The Kier molecular flexibility index (Phi) is 4.99. The van der Waals surface area contributed by atoms with E-state index < -0.39 is 4.92 Å². The zero-order valence-electron chi connectivity index (χ0n) is 10.7. The molecule has 0 spiro atoms. The average molecular weight is 362 g/mol. The molecular weight excluding hydrogens is 348 g/mol. The van der Waals surface area contributed by atoms with Crippen molar-refractivity contribution in [1.29, 1.82) is 0 Å². The Morgan fingerprint density at radius 2 is 2.30 bits per heavy atom. The Hall–Kier alpha value is -1.14. The molecular formula is C13H14BrClN2O3. The highest BCUT2D eigenvalue weighted by molar-refractivity contribution is 9.09. The molecule has 1 aromatic rings. The van der Waals surface area contributed by atoms with E-state index in [1.165, 1.54) is 18.2 Å². The molecule has 1 aliphatic rings. The fourth-order valence-corrected chi connectivity index (χ4v) is 3.09. The molecule has 7 heteroatoms. The second-order valence-electron chi connectivity index (χ2n) is 4.83. The number of amides is 1. The Morgan fingerprint density at radius 3 is 2.95 bits per heavy atom. The molecule has 0 aliphatic carbocycles. The summed E-state index contributed by atoms with van der Waals surface area (Å²) in [4.78, 5) is 24.6. The quantitative estimate of drug-likeness (QED) is 0.470. The van der Waals surface area contributed by atoms with E-state index in [-0.39, 0.29) is 17.2 Å². The van der Waals surface area contributed by atoms with E-state index in [1.807, 2.05) is 0 Å². The number of hydrogen-bond donors (Lipinski definition) is 0. The van der Waals surface area contributed by atoms with Crippen molar-refractivity contribution in [3.63, 3.8) is 0 Å². The van der Waals surface area contributed by atoms with Crippen molar-refractivity contribution in [2.75, 3.05) is 18.4 Å². The van der Waals surface area contributed by atoms with Gasteiger partial charge in [-0.2, -0.15) is 0 Å². The molecule has 1 heterocycles. The third-order valence-corrected chi connectivity index (χ3v) is 4.56. The maximum atomic E-state index is 12.5. The van der Waals surface area contributed by atoms with Crippen molar-refractivity contribution in [1.82, 2.24) is 4.90 Å². The molecule has 20 heavy (non-hydrogen) atoms. The van der Waals surface area contributed by atoms with Crippen LogP contribution >= 0.6 is 27.5 Å². The van der Waals surface area contributed by atoms with Gasteiger partial charge in [0.2, 0.25) is 0 Å². The summed E-state index contributed by atoms with van der Waals surface area (Å²) in [6, 6.07) is 4.08. The van der Waals surface area contributed by atoms with Crippen LogP contribution in [0.5, 0.6) is 0 Å². The van der Waals surface area contributed by atoms with Crippen LogP contribution in [0.25, 0.3) is 0 Å². The third kappa shape index (κ3) is 3.30. The van der Waals surface area contributed by atoms with Gasteiger partial charge in [-0.25, -0.2) is 0 Å². The lowest BCUT2D eigenvalue weighted by molar-refractivity contribution is -0.385. The molecule has 1 aliphatic heterocycles. The predicted molar refractivity (Wildman–Crippen MR) is 80.5 cm³/mol. The molecule has 1 amide bonds. The number of hydrogen-bond acceptors (Lipinski definition) is 3. The number of piperidine rings is 1. The van der Waals surface area contributed by atoms with Gasteiger partial charge in [-0.1, -0.05) is 27.5 Å². The monoisotopic (exact) mass is 360 g/mol. The van der Waals surface area contributed by atoms with Crippen molar-refractivity contribution in [2.45, 2.75) is 12.8 Å². The minimum absolute atomic E-state index is 0.0673. The van der Waals surface area contributed by atoms with Crippen LogP contribution in [0, 0.1) is 16.0 Å². The Morgan fingerprint density at radius 1 is 1.55 bits per heavy atom. The molecule has 1 fully saturated rings. The lowest BCUT2D eigenvalue weighted by atomic mass is 9.99. The lowest BCUT2D eigenvalue weighted by Crippen LogP contribution is -2.40. The molecule has 1 saturated heterocycles. The van der Waals surface area contributed by atoms with Gasteiger partial charge in [0, 0.05) is 29.5 Å². The minimum atomic E-state index is -0.546. The number of carbonyl (C=O) groups is 1. The van der Waals surface area contributed by atoms with E-state index in [2.05, 4.69) is 15.9 Å². The molecule has 5 nitrogen and oxygen atoms in total. The molecule has 0 radical (unpaired) electrons. The van der Waals surface area contributed by atoms with Crippen LogP contribution in [0.2, 0.25) is 5.02 Å². The third-order valence-electron chi connectivity index (χ3n) is 3.41. The number of nitro groups is 1. The number of carbonyl (C=O) groups excluding carboxylic acids is 1. The smallest absolute Gasteiger partial charge is 0.282 e. The van der Waals surface area contributed by atoms with Crippen molar-refractivity contribution >= 4 is 39.1 Å². The first-order chi connectivity index (χ1) is 9.52. The SMILES string of the molecule is O=C(c1cc(Cl)ccc1[N+](=O)[O-])N1CCCC(CBr)C1. The number of benzene rings is 1. The number of alkyl halides is 1. The van der Waals surface area contributed by atoms with E-state index in [4.69, 9.17) is 11.6 Å². The van der Waals surface area contributed by atoms with E-state index in [0.29, 0.717) is 24.0 Å². The molecule has 0 saturated carbocycles. The molecule has 0 aromatic heterocycles. The Labute approximate surface area is 130 Å². The van der Waals surface area contributed by atoms with Crippen molar-refractivity contribution in [3.05, 3.63) is 38.9 Å². The van der Waals surface area contributed by atoms with Gasteiger partial charge in [-0.15, -0.1) is 0 Å². The first-order valence-electron chi connectivity index (χ1n) is 6.32. The molecule has 108 valence electrons. The van der Waals surface area contributed by atoms with Crippen LogP contribution in [-0.2, 0) is 0 Å². The highest BCUT2D eigenvalue weighted by Crippen LogP contribution is 2.26. The predicted octanol–water partition coefficient (Wildman–Crippen LogP) is 3.50. The van der Waals surface area contributed by atoms with Crippen LogP contribution in [0.3, 0.4) is 0 Å². The summed E-state index contributed by atoms with van der Waals surface area (Å²) in [5.41, 5.74) is -0.127. The second kappa shape index (κ2) is 6.54. The zero-order chi connectivity index (χ0) is 14.7. The van der Waals surface area contributed by atoms with Gasteiger partial charge in [-0.05, 0) is 30.9 Å². The highest BCUT2D eigenvalue weighted by atomic mass is 79.9. The van der Waals surface area contributed by atoms with Gasteiger partial charge < -0.3 is 4.90 Å². The Balaban J connectivity index is 2.28. The highest BCUT2D eigenvalue weighted by Gasteiger charge is 2.28. The Bertz CT molecular complexity index is 538. The summed E-state index contributed by atoms with van der Waals surface area (Å²) in [5, 5.41) is 12.2. The lowest BCUT2D eigenvalue weighted by Gasteiger charge is -2.31. The molecule has 1 aromatic carbocycles. The maximum absolute atomic E-state index is 12.5. The summed E-state index contributed by atoms with van der Waals surface area (Å²) >= 11 is 9.29. The van der Waals surface area contributed by atoms with Gasteiger partial charge in [0.1, 0.15) is 5.56 Å². The van der Waals surface area contributed by atoms with E-state index in [1.54, 1.807) is 4.90 Å². The number of nitrogens with zero attached hydrogens (tertiary/aromatic N) is 2. The van der Waals surface area contributed by atoms with E-state index >= 15 is 0 Å². The first-order valence-corrected chi connectivity index (χ1v) is 7.82. The topological polar surface area (TPSA) is 63.4 Å². The number of halogens is 2. The van der Waals surface area contributed by atoms with Crippen molar-refractivity contribution in [3.8, 4) is 0 Å². The normalized spacial score (nSPS) is 18.9. The van der Waals surface area contributed by atoms with Crippen LogP contribution < -0.4 is 0 Å². The number of nitro benzene ring substituents is 1. The van der Waals surface area contributed by atoms with Crippen LogP contribution in [0.4, 0.5) is 5.69 Å². The molecule has 1 atom stereocenters. The van der Waals surface area contributed by atoms with Gasteiger partial charge >= 0.3 is 0 Å². The zero-order valence-corrected chi connectivity index (χ0v) is 13.1. The standard InChI is InChI=1S/C13H14BrClN2O3/c14-7-9-2-1-5-16(8-9)13(18)11-6-10(15)3-4-12(11)17(19)20/h3-4,6,9H,1-2,5,7-8H2. The van der Waals surface area contributed by atoms with Crippen LogP contribution in [0.15, 0.2) is 18.2 Å². The maximum Gasteiger partial charge on any atom is 0.282 e. The van der Waals surface area contributed by atoms with Gasteiger partial charge in [-0.3, -0.25) is 14.9 Å². The fourth-order valence-electron chi connectivity index (χ4n) is 2.38. The number of likely N-dealkylation sites (tertiary alicyclic amines) is 1. The van der Waals surface area contributed by atoms with E-state index in [0.717, 1.165) is 18.2 Å². The molecule has 1 unspecified atom stereocenters. The van der Waals surface area contributed by atoms with Gasteiger partial charge in [0.25, 0.3) is 11.6 Å². The average Bonchev–Trinajstić information content (AvgIpc) is 2.46. The summed E-state index contributed by atoms with van der Waals surface area (Å²) in [7, 11) is 0. The first kappa shape index (κ1) is 15.3. The number of rotatable bonds is 3. The largest absolute Gasteiger partial charge is 0.338 e. The van der Waals surface area contributed by atoms with Crippen LogP contribution in [0.1, 0.15) is 23.2 Å². The van der Waals surface area contributed by atoms with Gasteiger partial charge in [0.15, 0.2) is 0 Å². The summed E-state index contributed by atoms with van der Waals surface area (Å²) in [6.45, 7) is 1.25. The van der Waals surface area contributed by atoms with Gasteiger partial charge in [0.05, 0.1) is 4.92 Å². The molecule has 0 N–H and O–H groups in total. The van der Waals surface area contributed by atoms with Crippen LogP contribution in [-0.4, -0.2) is 34.2 Å².